The van der Waals surface area contributed by atoms with Crippen LogP contribution in [0.5, 0.6) is 0 Å². The van der Waals surface area contributed by atoms with Gasteiger partial charge in [-0.3, -0.25) is 9.89 Å². The van der Waals surface area contributed by atoms with Gasteiger partial charge in [-0.1, -0.05) is 33.8 Å². The Kier molecular flexibility index (Phi) is 10.6. The van der Waals surface area contributed by atoms with Crippen molar-refractivity contribution in [1.82, 2.24) is 9.80 Å². The normalized spacial score (nSPS) is 45.1. The van der Waals surface area contributed by atoms with Crippen LogP contribution in [0.4, 0.5) is 4.79 Å². The highest BCUT2D eigenvalue weighted by atomic mass is 16.7. The fraction of sp³-hybridized carbons (Fsp3) is 0.848. The summed E-state index contributed by atoms with van der Waals surface area (Å²) in [6, 6.07) is -0.503. The summed E-state index contributed by atoms with van der Waals surface area (Å²) < 4.78 is 31.4. The Morgan fingerprint density at radius 2 is 1.86 bits per heavy atom. The van der Waals surface area contributed by atoms with Crippen molar-refractivity contribution < 1.29 is 38.4 Å². The molecular weight excluding hydrogens is 566 g/mol. The summed E-state index contributed by atoms with van der Waals surface area (Å²) in [5.74, 6) is -1.02. The maximum atomic E-state index is 13.6. The minimum atomic E-state index is -1.05. The Hall–Kier alpha value is -2.05. The van der Waals surface area contributed by atoms with Crippen LogP contribution in [0, 0.1) is 17.8 Å². The molecule has 4 heterocycles. The molecule has 11 heteroatoms. The number of hydrogen-bond donors (Lipinski definition) is 1. The summed E-state index contributed by atoms with van der Waals surface area (Å²) in [6.07, 6.45) is -0.00112. The molecule has 2 saturated heterocycles. The van der Waals surface area contributed by atoms with Crippen LogP contribution in [0.3, 0.4) is 0 Å². The number of fused-ring (bicyclic) bond motifs is 1. The number of carbonyl (C=O) groups excluding carboxylic acids is 2. The SMILES string of the molecule is CC[C@@H]1OC(=O)/C(C)=C/[C@H](C)[C@H](O[C@@H]2O[C@H](C)C[C@H](N(C)C)[C@H]2O)[C@@](C)(OC)C[C@@H](C)C2=NCCN3C(=O)O[C@@]1(C)[C@H]3[C@@H]2C. The van der Waals surface area contributed by atoms with Gasteiger partial charge < -0.3 is 33.7 Å². The van der Waals surface area contributed by atoms with E-state index in [0.717, 1.165) is 5.71 Å². The van der Waals surface area contributed by atoms with E-state index in [2.05, 4.69) is 13.8 Å². The number of methoxy groups -OCH3 is 1. The molecule has 0 aliphatic carbocycles. The molecule has 4 aliphatic heterocycles. The molecule has 0 unspecified atom stereocenters. The predicted octanol–water partition coefficient (Wildman–Crippen LogP) is 3.82. The van der Waals surface area contributed by atoms with E-state index in [1.807, 2.05) is 59.7 Å². The van der Waals surface area contributed by atoms with Crippen molar-refractivity contribution in [3.63, 3.8) is 0 Å². The number of carbonyl (C=O) groups is 2. The summed E-state index contributed by atoms with van der Waals surface area (Å²) in [6.45, 7) is 16.6. The predicted molar refractivity (Wildman–Crippen MR) is 166 cm³/mol. The van der Waals surface area contributed by atoms with Crippen molar-refractivity contribution in [3.8, 4) is 0 Å². The first-order chi connectivity index (χ1) is 20.6. The van der Waals surface area contributed by atoms with E-state index in [-0.39, 0.29) is 35.9 Å². The van der Waals surface area contributed by atoms with Crippen molar-refractivity contribution in [2.45, 2.75) is 129 Å². The number of aliphatic hydroxyl groups excluding tert-OH is 1. The Labute approximate surface area is 263 Å². The second kappa shape index (κ2) is 13.4. The molecule has 2 fully saturated rings. The third-order valence-electron chi connectivity index (χ3n) is 10.5. The summed E-state index contributed by atoms with van der Waals surface area (Å²) in [7, 11) is 5.55. The fourth-order valence-electron chi connectivity index (χ4n) is 8.21. The highest BCUT2D eigenvalue weighted by molar-refractivity contribution is 5.91. The van der Waals surface area contributed by atoms with E-state index in [1.165, 1.54) is 0 Å². The Balaban J connectivity index is 1.80. The van der Waals surface area contributed by atoms with Crippen molar-refractivity contribution in [1.29, 1.82) is 0 Å². The lowest BCUT2D eigenvalue weighted by Crippen LogP contribution is -2.59. The molecule has 0 radical (unpaired) electrons. The van der Waals surface area contributed by atoms with Crippen molar-refractivity contribution >= 4 is 17.8 Å². The van der Waals surface area contributed by atoms with Crippen molar-refractivity contribution in [2.75, 3.05) is 34.3 Å². The molecule has 0 aromatic heterocycles. The number of cyclic esters (lactones) is 1. The lowest BCUT2D eigenvalue weighted by atomic mass is 9.74. The number of hydrogen-bond acceptors (Lipinski definition) is 10. The van der Waals surface area contributed by atoms with E-state index in [4.69, 9.17) is 28.7 Å². The van der Waals surface area contributed by atoms with Crippen LogP contribution in [0.25, 0.3) is 0 Å². The summed E-state index contributed by atoms with van der Waals surface area (Å²) in [5.41, 5.74) is -0.533. The second-order valence-electron chi connectivity index (χ2n) is 14.0. The number of aliphatic hydroxyl groups is 1. The monoisotopic (exact) mass is 621 g/mol. The topological polar surface area (TPSA) is 119 Å². The Morgan fingerprint density at radius 1 is 1.18 bits per heavy atom. The third kappa shape index (κ3) is 6.45. The lowest BCUT2D eigenvalue weighted by molar-refractivity contribution is -0.294. The molecule has 12 atom stereocenters. The number of esters is 1. The molecule has 250 valence electrons. The Bertz CT molecular complexity index is 1130. The maximum absolute atomic E-state index is 13.6. The standard InChI is InChI=1S/C33H55N3O8/c1-12-24-33(8)27-22(6)25(34-13-14-36(27)31(39)44-33)20(4)17-32(7,40-11)28(18(2)15-19(3)29(38)42-24)43-30-26(37)23(35(9)10)16-21(5)41-30/h15,18,20-24,26-28,30,37H,12-14,16-17H2,1-11H3/b19-15+/t18-,20+,21+,22+,23-,24-,26+,27+,28-,30-,32-,33+/m0/s1. The molecule has 44 heavy (non-hydrogen) atoms. The molecule has 4 rings (SSSR count). The second-order valence-corrected chi connectivity index (χ2v) is 14.0. The minimum absolute atomic E-state index is 0.0468. The van der Waals surface area contributed by atoms with Crippen LogP contribution >= 0.6 is 0 Å². The quantitative estimate of drug-likeness (QED) is 0.457. The fourth-order valence-corrected chi connectivity index (χ4v) is 8.21. The van der Waals surface area contributed by atoms with E-state index < -0.39 is 47.9 Å². The molecule has 0 saturated carbocycles. The molecular formula is C33H55N3O8. The molecule has 1 N–H and O–H groups in total. The van der Waals surface area contributed by atoms with E-state index in [1.54, 1.807) is 18.9 Å². The van der Waals surface area contributed by atoms with E-state index >= 15 is 0 Å². The van der Waals surface area contributed by atoms with Gasteiger partial charge in [0.25, 0.3) is 0 Å². The first-order valence-electron chi connectivity index (χ1n) is 16.2. The summed E-state index contributed by atoms with van der Waals surface area (Å²) in [4.78, 5) is 35.6. The molecule has 4 aliphatic rings. The van der Waals surface area contributed by atoms with Crippen LogP contribution in [0.2, 0.25) is 0 Å². The van der Waals surface area contributed by atoms with Gasteiger partial charge in [-0.15, -0.1) is 0 Å². The van der Waals surface area contributed by atoms with Gasteiger partial charge in [0.05, 0.1) is 30.4 Å². The summed E-state index contributed by atoms with van der Waals surface area (Å²) >= 11 is 0. The Morgan fingerprint density at radius 3 is 2.48 bits per heavy atom. The maximum Gasteiger partial charge on any atom is 0.410 e. The first-order valence-corrected chi connectivity index (χ1v) is 16.2. The molecule has 1 amide bonds. The third-order valence-corrected chi connectivity index (χ3v) is 10.5. The van der Waals surface area contributed by atoms with Gasteiger partial charge >= 0.3 is 12.1 Å². The molecule has 11 nitrogen and oxygen atoms in total. The van der Waals surface area contributed by atoms with E-state index in [9.17, 15) is 14.7 Å². The highest BCUT2D eigenvalue weighted by Crippen LogP contribution is 2.43. The van der Waals surface area contributed by atoms with Gasteiger partial charge in [0.15, 0.2) is 11.9 Å². The largest absolute Gasteiger partial charge is 0.455 e. The number of aliphatic imine (C=N–C) groups is 1. The number of amides is 1. The zero-order valence-electron chi connectivity index (χ0n) is 28.5. The van der Waals surface area contributed by atoms with Crippen LogP contribution < -0.4 is 0 Å². The molecule has 0 spiro atoms. The first kappa shape index (κ1) is 34.8. The zero-order valence-corrected chi connectivity index (χ0v) is 28.5. The van der Waals surface area contributed by atoms with Gasteiger partial charge in [-0.25, -0.2) is 9.59 Å². The molecule has 2 bridgehead atoms. The van der Waals surface area contributed by atoms with Gasteiger partial charge in [-0.05, 0) is 67.0 Å². The number of nitrogens with zero attached hydrogens (tertiary/aromatic N) is 3. The summed E-state index contributed by atoms with van der Waals surface area (Å²) in [5, 5.41) is 11.4. The lowest BCUT2D eigenvalue weighted by Gasteiger charge is -2.47. The minimum Gasteiger partial charge on any atom is -0.455 e. The average Bonchev–Trinajstić information content (AvgIpc) is 3.08. The van der Waals surface area contributed by atoms with Crippen LogP contribution in [0.1, 0.15) is 74.7 Å². The molecule has 0 aromatic rings. The van der Waals surface area contributed by atoms with Crippen molar-refractivity contribution in [3.05, 3.63) is 11.6 Å². The zero-order chi connectivity index (χ0) is 32.7. The number of ether oxygens (including phenoxy) is 5. The van der Waals surface area contributed by atoms with Crippen LogP contribution in [-0.4, -0.2) is 121 Å². The smallest absolute Gasteiger partial charge is 0.410 e. The average molecular weight is 622 g/mol. The number of rotatable bonds is 5. The van der Waals surface area contributed by atoms with Gasteiger partial charge in [0, 0.05) is 42.8 Å². The highest BCUT2D eigenvalue weighted by Gasteiger charge is 2.60. The van der Waals surface area contributed by atoms with Gasteiger partial charge in [0.2, 0.25) is 0 Å². The van der Waals surface area contributed by atoms with Crippen LogP contribution in [0.15, 0.2) is 16.6 Å². The van der Waals surface area contributed by atoms with E-state index in [0.29, 0.717) is 37.9 Å². The number of likely N-dealkylation sites (N-methyl/N-ethyl adjacent to an activating group) is 1. The molecule has 0 aromatic carbocycles. The van der Waals surface area contributed by atoms with Crippen molar-refractivity contribution in [2.24, 2.45) is 22.7 Å². The van der Waals surface area contributed by atoms with Crippen LogP contribution in [-0.2, 0) is 28.5 Å². The van der Waals surface area contributed by atoms with Gasteiger partial charge in [0.1, 0.15) is 12.2 Å². The van der Waals surface area contributed by atoms with Gasteiger partial charge in [-0.2, -0.15) is 0 Å².